The molecule has 1 heterocycles. The van der Waals surface area contributed by atoms with Gasteiger partial charge in [-0.15, -0.1) is 11.3 Å². The summed E-state index contributed by atoms with van der Waals surface area (Å²) in [7, 11) is 0. The summed E-state index contributed by atoms with van der Waals surface area (Å²) in [6.45, 7) is 5.33. The summed E-state index contributed by atoms with van der Waals surface area (Å²) in [5.74, 6) is 1.18. The average Bonchev–Trinajstić information content (AvgIpc) is 3.13. The van der Waals surface area contributed by atoms with Crippen LogP contribution < -0.4 is 14.8 Å². The molecular weight excluding hydrogens is 348 g/mol. The maximum absolute atomic E-state index is 12.6. The molecule has 26 heavy (non-hydrogen) atoms. The maximum atomic E-state index is 12.6. The van der Waals surface area contributed by atoms with E-state index in [0.29, 0.717) is 36.0 Å². The normalized spacial score (nSPS) is 10.7. The Kier molecular flexibility index (Phi) is 6.07. The first-order valence-corrected chi connectivity index (χ1v) is 9.63. The van der Waals surface area contributed by atoms with Gasteiger partial charge in [0.2, 0.25) is 0 Å². The third-order valence-electron chi connectivity index (χ3n) is 3.72. The van der Waals surface area contributed by atoms with Gasteiger partial charge in [0.1, 0.15) is 0 Å². The zero-order valence-electron chi connectivity index (χ0n) is 15.0. The first-order chi connectivity index (χ1) is 12.7. The number of thiazole rings is 1. The van der Waals surface area contributed by atoms with Gasteiger partial charge in [-0.25, -0.2) is 4.98 Å². The molecule has 1 amide bonds. The largest absolute Gasteiger partial charge is 0.490 e. The minimum Gasteiger partial charge on any atom is -0.490 e. The number of ether oxygens (including phenoxy) is 2. The van der Waals surface area contributed by atoms with Crippen molar-refractivity contribution in [3.8, 4) is 11.5 Å². The van der Waals surface area contributed by atoms with Crippen LogP contribution in [0.25, 0.3) is 10.2 Å². The molecule has 1 N–H and O–H groups in total. The Morgan fingerprint density at radius 3 is 2.58 bits per heavy atom. The smallest absolute Gasteiger partial charge is 0.255 e. The lowest BCUT2D eigenvalue weighted by molar-refractivity contribution is 0.102. The predicted molar refractivity (Wildman–Crippen MR) is 106 cm³/mol. The van der Waals surface area contributed by atoms with E-state index < -0.39 is 0 Å². The summed E-state index contributed by atoms with van der Waals surface area (Å²) in [4.78, 5) is 16.8. The van der Waals surface area contributed by atoms with E-state index in [-0.39, 0.29) is 5.91 Å². The Bertz CT molecular complexity index is 892. The third kappa shape index (κ3) is 4.32. The van der Waals surface area contributed by atoms with Crippen LogP contribution in [-0.2, 0) is 0 Å². The van der Waals surface area contributed by atoms with Crippen LogP contribution in [0.4, 0.5) is 5.69 Å². The number of aromatic nitrogens is 1. The van der Waals surface area contributed by atoms with Crippen LogP contribution in [0.5, 0.6) is 11.5 Å². The van der Waals surface area contributed by atoms with Gasteiger partial charge in [-0.05, 0) is 43.2 Å². The molecule has 0 fully saturated rings. The number of amides is 1. The quantitative estimate of drug-likeness (QED) is 0.597. The van der Waals surface area contributed by atoms with Gasteiger partial charge in [-0.3, -0.25) is 4.79 Å². The fourth-order valence-corrected chi connectivity index (χ4v) is 3.16. The number of fused-ring (bicyclic) bond motifs is 1. The summed E-state index contributed by atoms with van der Waals surface area (Å²) >= 11 is 1.52. The van der Waals surface area contributed by atoms with Crippen molar-refractivity contribution in [2.75, 3.05) is 18.5 Å². The van der Waals surface area contributed by atoms with E-state index >= 15 is 0 Å². The third-order valence-corrected chi connectivity index (χ3v) is 4.51. The van der Waals surface area contributed by atoms with Gasteiger partial charge in [0.25, 0.3) is 5.91 Å². The van der Waals surface area contributed by atoms with E-state index in [1.165, 1.54) is 11.3 Å². The highest BCUT2D eigenvalue weighted by atomic mass is 32.1. The summed E-state index contributed by atoms with van der Waals surface area (Å²) < 4.78 is 12.5. The van der Waals surface area contributed by atoms with E-state index in [0.717, 1.165) is 23.1 Å². The van der Waals surface area contributed by atoms with Crippen molar-refractivity contribution in [1.29, 1.82) is 0 Å². The molecule has 3 aromatic rings. The molecule has 0 aliphatic carbocycles. The fraction of sp³-hybridized carbons (Fsp3) is 0.300. The molecule has 5 nitrogen and oxygen atoms in total. The SMILES string of the molecule is CCCOc1ccc(NC(=O)c2ccc3ncsc3c2)cc1OCCC. The zero-order valence-corrected chi connectivity index (χ0v) is 15.8. The van der Waals surface area contributed by atoms with Gasteiger partial charge in [-0.1, -0.05) is 13.8 Å². The van der Waals surface area contributed by atoms with Gasteiger partial charge in [0.05, 0.1) is 28.9 Å². The molecule has 0 aliphatic rings. The van der Waals surface area contributed by atoms with Gasteiger partial charge in [-0.2, -0.15) is 0 Å². The minimum absolute atomic E-state index is 0.163. The number of anilines is 1. The summed E-state index contributed by atoms with van der Waals surface area (Å²) in [5, 5.41) is 2.92. The monoisotopic (exact) mass is 370 g/mol. The Morgan fingerprint density at radius 2 is 1.81 bits per heavy atom. The molecule has 0 aliphatic heterocycles. The van der Waals surface area contributed by atoms with Crippen LogP contribution in [0, 0.1) is 0 Å². The van der Waals surface area contributed by atoms with E-state index in [2.05, 4.69) is 17.2 Å². The number of benzene rings is 2. The van der Waals surface area contributed by atoms with Crippen LogP contribution in [0.1, 0.15) is 37.0 Å². The Balaban J connectivity index is 1.77. The van der Waals surface area contributed by atoms with Crippen LogP contribution in [-0.4, -0.2) is 24.1 Å². The van der Waals surface area contributed by atoms with Crippen molar-refractivity contribution >= 4 is 33.1 Å². The summed E-state index contributed by atoms with van der Waals surface area (Å²) in [6, 6.07) is 11.0. The van der Waals surface area contributed by atoms with Crippen molar-refractivity contribution < 1.29 is 14.3 Å². The molecule has 1 aromatic heterocycles. The van der Waals surface area contributed by atoms with Gasteiger partial charge < -0.3 is 14.8 Å². The van der Waals surface area contributed by atoms with E-state index in [4.69, 9.17) is 9.47 Å². The molecule has 136 valence electrons. The van der Waals surface area contributed by atoms with Crippen LogP contribution in [0.2, 0.25) is 0 Å². The topological polar surface area (TPSA) is 60.5 Å². The predicted octanol–water partition coefficient (Wildman–Crippen LogP) is 5.13. The van der Waals surface area contributed by atoms with Gasteiger partial charge >= 0.3 is 0 Å². The molecule has 0 saturated carbocycles. The number of carbonyl (C=O) groups excluding carboxylic acids is 1. The number of nitrogens with one attached hydrogen (secondary N) is 1. The summed E-state index contributed by atoms with van der Waals surface area (Å²) in [6.07, 6.45) is 1.82. The number of hydrogen-bond acceptors (Lipinski definition) is 5. The van der Waals surface area contributed by atoms with Crippen molar-refractivity contribution in [3.05, 3.63) is 47.5 Å². The lowest BCUT2D eigenvalue weighted by Gasteiger charge is -2.14. The molecule has 0 unspecified atom stereocenters. The van der Waals surface area contributed by atoms with Crippen LogP contribution in [0.15, 0.2) is 41.9 Å². The Hall–Kier alpha value is -2.60. The number of carbonyl (C=O) groups is 1. The molecule has 6 heteroatoms. The lowest BCUT2D eigenvalue weighted by Crippen LogP contribution is -2.12. The second-order valence-electron chi connectivity index (χ2n) is 5.85. The Labute approximate surface area is 157 Å². The summed E-state index contributed by atoms with van der Waals surface area (Å²) in [5.41, 5.74) is 3.95. The second kappa shape index (κ2) is 8.67. The molecule has 2 aromatic carbocycles. The lowest BCUT2D eigenvalue weighted by atomic mass is 10.2. The molecule has 3 rings (SSSR count). The maximum Gasteiger partial charge on any atom is 0.255 e. The molecule has 0 saturated heterocycles. The van der Waals surface area contributed by atoms with E-state index in [1.54, 1.807) is 11.6 Å². The van der Waals surface area contributed by atoms with Crippen molar-refractivity contribution in [1.82, 2.24) is 4.98 Å². The molecule has 0 atom stereocenters. The van der Waals surface area contributed by atoms with Crippen LogP contribution >= 0.6 is 11.3 Å². The van der Waals surface area contributed by atoms with Gasteiger partial charge in [0, 0.05) is 17.3 Å². The zero-order chi connectivity index (χ0) is 18.4. The van der Waals surface area contributed by atoms with E-state index in [9.17, 15) is 4.79 Å². The van der Waals surface area contributed by atoms with Crippen molar-refractivity contribution in [3.63, 3.8) is 0 Å². The highest BCUT2D eigenvalue weighted by Crippen LogP contribution is 2.31. The van der Waals surface area contributed by atoms with Crippen molar-refractivity contribution in [2.24, 2.45) is 0 Å². The number of rotatable bonds is 8. The first-order valence-electron chi connectivity index (χ1n) is 8.75. The first kappa shape index (κ1) is 18.2. The fourth-order valence-electron chi connectivity index (χ4n) is 2.44. The minimum atomic E-state index is -0.163. The van der Waals surface area contributed by atoms with Gasteiger partial charge in [0.15, 0.2) is 11.5 Å². The highest BCUT2D eigenvalue weighted by molar-refractivity contribution is 7.16. The Morgan fingerprint density at radius 1 is 1.04 bits per heavy atom. The standard InChI is InChI=1S/C20H22N2O3S/c1-3-9-24-17-8-6-15(12-18(17)25-10-4-2)22-20(23)14-5-7-16-19(11-14)26-13-21-16/h5-8,11-13H,3-4,9-10H2,1-2H3,(H,22,23). The number of nitrogens with zero attached hydrogens (tertiary/aromatic N) is 1. The number of hydrogen-bond donors (Lipinski definition) is 1. The second-order valence-corrected chi connectivity index (χ2v) is 6.73. The molecule has 0 bridgehead atoms. The molecular formula is C20H22N2O3S. The van der Waals surface area contributed by atoms with E-state index in [1.807, 2.05) is 37.3 Å². The average molecular weight is 370 g/mol. The highest BCUT2D eigenvalue weighted by Gasteiger charge is 2.11. The van der Waals surface area contributed by atoms with Crippen molar-refractivity contribution in [2.45, 2.75) is 26.7 Å². The molecule has 0 radical (unpaired) electrons. The van der Waals surface area contributed by atoms with Crippen LogP contribution in [0.3, 0.4) is 0 Å². The molecule has 0 spiro atoms.